The van der Waals surface area contributed by atoms with Crippen molar-refractivity contribution in [3.63, 3.8) is 0 Å². The molecule has 0 aromatic heterocycles. The van der Waals surface area contributed by atoms with Crippen molar-refractivity contribution in [3.8, 4) is 0 Å². The number of hydrogen-bond acceptors (Lipinski definition) is 3. The third kappa shape index (κ3) is 3.01. The maximum atomic E-state index is 12.0. The van der Waals surface area contributed by atoms with Crippen molar-refractivity contribution in [1.82, 2.24) is 0 Å². The van der Waals surface area contributed by atoms with Gasteiger partial charge in [-0.3, -0.25) is 9.36 Å². The first-order valence-corrected chi connectivity index (χ1v) is 6.15. The standard InChI is InChI=1S/C11H21O3P/c1-7(2)11(15-13,8(3)4)10(12)14-9(5)6/h7-9H,1-6H3. The smallest absolute Gasteiger partial charge is 0.324 e. The second-order valence-electron chi connectivity index (χ2n) is 4.68. The molecule has 0 aliphatic rings. The number of carbonyl (C=O) groups excluding carboxylic acids is 1. The van der Waals surface area contributed by atoms with Crippen LogP contribution in [0.3, 0.4) is 0 Å². The first-order chi connectivity index (χ1) is 6.78. The summed E-state index contributed by atoms with van der Waals surface area (Å²) in [5, 5.41) is -0.912. The van der Waals surface area contributed by atoms with Gasteiger partial charge in [-0.05, 0) is 25.7 Å². The lowest BCUT2D eigenvalue weighted by molar-refractivity contribution is -0.153. The molecule has 0 aromatic carbocycles. The fourth-order valence-corrected chi connectivity index (χ4v) is 2.24. The van der Waals surface area contributed by atoms with E-state index in [1.165, 1.54) is 0 Å². The lowest BCUT2D eigenvalue weighted by Gasteiger charge is -2.32. The Labute approximate surface area is 93.8 Å². The van der Waals surface area contributed by atoms with E-state index < -0.39 is 5.16 Å². The zero-order chi connectivity index (χ0) is 12.2. The second-order valence-corrected chi connectivity index (χ2v) is 5.60. The molecule has 0 heterocycles. The molecule has 0 spiro atoms. The normalized spacial score (nSPS) is 12.9. The van der Waals surface area contributed by atoms with Gasteiger partial charge in [-0.1, -0.05) is 27.7 Å². The molecule has 0 saturated heterocycles. The van der Waals surface area contributed by atoms with Crippen LogP contribution in [0.4, 0.5) is 0 Å². The minimum Gasteiger partial charge on any atom is -0.462 e. The van der Waals surface area contributed by atoms with Crippen molar-refractivity contribution in [2.45, 2.75) is 52.8 Å². The summed E-state index contributed by atoms with van der Waals surface area (Å²) in [6, 6.07) is 0. The van der Waals surface area contributed by atoms with E-state index >= 15 is 0 Å². The van der Waals surface area contributed by atoms with Crippen LogP contribution in [0.5, 0.6) is 0 Å². The molecule has 0 N–H and O–H groups in total. The second kappa shape index (κ2) is 5.60. The SMILES string of the molecule is CC(C)OC(=O)C(P=O)(C(C)C)C(C)C. The molecule has 3 nitrogen and oxygen atoms in total. The highest BCUT2D eigenvalue weighted by Crippen LogP contribution is 2.40. The zero-order valence-electron chi connectivity index (χ0n) is 10.4. The van der Waals surface area contributed by atoms with Crippen molar-refractivity contribution < 1.29 is 14.1 Å². The van der Waals surface area contributed by atoms with Crippen molar-refractivity contribution in [2.75, 3.05) is 0 Å². The predicted molar refractivity (Wildman–Crippen MR) is 61.2 cm³/mol. The molecular formula is C11H21O3P. The lowest BCUT2D eigenvalue weighted by Crippen LogP contribution is -2.45. The van der Waals surface area contributed by atoms with Crippen LogP contribution in [-0.2, 0) is 14.1 Å². The van der Waals surface area contributed by atoms with Gasteiger partial charge in [0.25, 0.3) is 0 Å². The number of rotatable bonds is 5. The van der Waals surface area contributed by atoms with Crippen molar-refractivity contribution in [2.24, 2.45) is 11.8 Å². The van der Waals surface area contributed by atoms with Crippen LogP contribution in [0.15, 0.2) is 0 Å². The zero-order valence-corrected chi connectivity index (χ0v) is 11.3. The first kappa shape index (κ1) is 14.6. The maximum absolute atomic E-state index is 12.0. The van der Waals surface area contributed by atoms with Crippen molar-refractivity contribution in [3.05, 3.63) is 0 Å². The highest BCUT2D eigenvalue weighted by Gasteiger charge is 2.47. The maximum Gasteiger partial charge on any atom is 0.324 e. The molecule has 0 radical (unpaired) electrons. The van der Waals surface area contributed by atoms with Gasteiger partial charge in [0, 0.05) is 0 Å². The number of ether oxygens (including phenoxy) is 1. The molecule has 0 fully saturated rings. The topological polar surface area (TPSA) is 43.4 Å². The monoisotopic (exact) mass is 232 g/mol. The van der Waals surface area contributed by atoms with Crippen LogP contribution in [0, 0.1) is 11.8 Å². The molecular weight excluding hydrogens is 211 g/mol. The number of esters is 1. The van der Waals surface area contributed by atoms with E-state index in [0.717, 1.165) is 0 Å². The molecule has 0 atom stereocenters. The lowest BCUT2D eigenvalue weighted by atomic mass is 9.84. The van der Waals surface area contributed by atoms with Crippen LogP contribution < -0.4 is 0 Å². The van der Waals surface area contributed by atoms with E-state index in [4.69, 9.17) is 4.74 Å². The number of hydrogen-bond donors (Lipinski definition) is 0. The van der Waals surface area contributed by atoms with Gasteiger partial charge in [0.2, 0.25) is 0 Å². The van der Waals surface area contributed by atoms with E-state index in [0.29, 0.717) is 0 Å². The minimum absolute atomic E-state index is 0.0112. The van der Waals surface area contributed by atoms with Gasteiger partial charge in [-0.25, -0.2) is 0 Å². The van der Waals surface area contributed by atoms with Crippen LogP contribution in [-0.4, -0.2) is 17.2 Å². The third-order valence-electron chi connectivity index (χ3n) is 2.58. The summed E-state index contributed by atoms with van der Waals surface area (Å²) in [4.78, 5) is 12.0. The number of carbonyl (C=O) groups is 1. The predicted octanol–water partition coefficient (Wildman–Crippen LogP) is 3.28. The molecule has 0 amide bonds. The Bertz CT molecular complexity index is 226. The Morgan fingerprint density at radius 3 is 1.67 bits per heavy atom. The van der Waals surface area contributed by atoms with Gasteiger partial charge in [-0.15, -0.1) is 0 Å². The molecule has 15 heavy (non-hydrogen) atoms. The van der Waals surface area contributed by atoms with Gasteiger partial charge in [-0.2, -0.15) is 0 Å². The average molecular weight is 232 g/mol. The summed E-state index contributed by atoms with van der Waals surface area (Å²) in [6.45, 7) is 11.2. The van der Waals surface area contributed by atoms with E-state index in [9.17, 15) is 9.36 Å². The summed E-state index contributed by atoms with van der Waals surface area (Å²) in [7, 11) is -0.153. The van der Waals surface area contributed by atoms with Crippen molar-refractivity contribution >= 4 is 14.4 Å². The highest BCUT2D eigenvalue weighted by molar-refractivity contribution is 7.27. The molecule has 0 saturated carbocycles. The molecule has 0 aliphatic carbocycles. The molecule has 0 aliphatic heterocycles. The third-order valence-corrected chi connectivity index (χ3v) is 4.10. The Morgan fingerprint density at radius 1 is 1.07 bits per heavy atom. The summed E-state index contributed by atoms with van der Waals surface area (Å²) in [5.41, 5.74) is 0. The Hall–Kier alpha value is -0.430. The van der Waals surface area contributed by atoms with Gasteiger partial charge in [0.05, 0.1) is 6.10 Å². The molecule has 0 bridgehead atoms. The molecule has 88 valence electrons. The van der Waals surface area contributed by atoms with Crippen LogP contribution in [0.2, 0.25) is 0 Å². The minimum atomic E-state index is -0.912. The quantitative estimate of drug-likeness (QED) is 0.539. The van der Waals surface area contributed by atoms with Crippen LogP contribution in [0.25, 0.3) is 0 Å². The highest BCUT2D eigenvalue weighted by atomic mass is 31.1. The van der Waals surface area contributed by atoms with E-state index in [1.807, 2.05) is 27.7 Å². The van der Waals surface area contributed by atoms with Gasteiger partial charge in [0.1, 0.15) is 0 Å². The summed E-state index contributed by atoms with van der Waals surface area (Å²) in [6.07, 6.45) is -0.170. The summed E-state index contributed by atoms with van der Waals surface area (Å²) < 4.78 is 16.5. The van der Waals surface area contributed by atoms with E-state index in [2.05, 4.69) is 0 Å². The molecule has 4 heteroatoms. The summed E-state index contributed by atoms with van der Waals surface area (Å²) >= 11 is 0. The van der Waals surface area contributed by atoms with Crippen molar-refractivity contribution in [1.29, 1.82) is 0 Å². The first-order valence-electron chi connectivity index (χ1n) is 5.34. The van der Waals surface area contributed by atoms with Gasteiger partial charge >= 0.3 is 5.97 Å². The van der Waals surface area contributed by atoms with Gasteiger partial charge < -0.3 is 4.74 Å². The largest absolute Gasteiger partial charge is 0.462 e. The van der Waals surface area contributed by atoms with E-state index in [-0.39, 0.29) is 32.4 Å². The van der Waals surface area contributed by atoms with Crippen LogP contribution in [0.1, 0.15) is 41.5 Å². The van der Waals surface area contributed by atoms with E-state index in [1.54, 1.807) is 13.8 Å². The average Bonchev–Trinajstić information content (AvgIpc) is 2.02. The summed E-state index contributed by atoms with van der Waals surface area (Å²) in [5.74, 6) is -0.384. The Kier molecular flexibility index (Phi) is 5.44. The van der Waals surface area contributed by atoms with Crippen LogP contribution >= 0.6 is 8.46 Å². The molecule has 0 unspecified atom stereocenters. The molecule has 0 rings (SSSR count). The fourth-order valence-electron chi connectivity index (χ4n) is 1.69. The fraction of sp³-hybridized carbons (Fsp3) is 0.909. The molecule has 0 aromatic rings. The van der Waals surface area contributed by atoms with Gasteiger partial charge in [0.15, 0.2) is 13.6 Å². The Morgan fingerprint density at radius 2 is 1.47 bits per heavy atom. The Balaban J connectivity index is 5.08.